The number of urea groups is 1. The van der Waals surface area contributed by atoms with Crippen molar-refractivity contribution in [1.29, 1.82) is 0 Å². The van der Waals surface area contributed by atoms with E-state index in [9.17, 15) is 9.59 Å². The highest BCUT2D eigenvalue weighted by Gasteiger charge is 2.24. The van der Waals surface area contributed by atoms with E-state index >= 15 is 0 Å². The molecule has 3 amide bonds. The van der Waals surface area contributed by atoms with E-state index in [-0.39, 0.29) is 5.91 Å². The molecular weight excluding hydrogens is 354 g/mol. The summed E-state index contributed by atoms with van der Waals surface area (Å²) in [6, 6.07) is 14.9. The van der Waals surface area contributed by atoms with E-state index in [1.165, 1.54) is 5.56 Å². The van der Waals surface area contributed by atoms with Crippen molar-refractivity contribution in [1.82, 2.24) is 10.2 Å². The van der Waals surface area contributed by atoms with Crippen molar-refractivity contribution >= 4 is 11.9 Å². The molecule has 1 aliphatic rings. The molecule has 28 heavy (non-hydrogen) atoms. The second-order valence-corrected chi connectivity index (χ2v) is 7.17. The van der Waals surface area contributed by atoms with Crippen LogP contribution in [0.3, 0.4) is 0 Å². The fourth-order valence-electron chi connectivity index (χ4n) is 3.66. The third-order valence-corrected chi connectivity index (χ3v) is 5.27. The maximum atomic E-state index is 12.8. The van der Waals surface area contributed by atoms with E-state index in [0.717, 1.165) is 43.7 Å². The summed E-state index contributed by atoms with van der Waals surface area (Å²) in [5, 5.41) is 2.54. The molecule has 0 radical (unpaired) electrons. The van der Waals surface area contributed by atoms with Gasteiger partial charge in [0.1, 0.15) is 5.75 Å². The molecule has 3 rings (SSSR count). The van der Waals surface area contributed by atoms with Gasteiger partial charge in [-0.15, -0.1) is 0 Å². The van der Waals surface area contributed by atoms with Gasteiger partial charge in [-0.2, -0.15) is 0 Å². The number of ether oxygens (including phenoxy) is 1. The number of amides is 3. The smallest absolute Gasteiger partial charge is 0.312 e. The number of piperidine rings is 1. The molecule has 1 heterocycles. The summed E-state index contributed by atoms with van der Waals surface area (Å²) in [4.78, 5) is 25.5. The Hall–Kier alpha value is -3.02. The standard InChI is InChI=1S/C22H27N3O3/c1-28-20-5-3-2-4-19(20)14-16-10-12-25(13-11-16)21(26)18-8-6-17(7-9-18)15-24-22(23)27/h2-9,16H,10-15H2,1H3,(H3,23,24,27). The molecule has 1 saturated heterocycles. The Morgan fingerprint density at radius 1 is 1.11 bits per heavy atom. The highest BCUT2D eigenvalue weighted by Crippen LogP contribution is 2.27. The summed E-state index contributed by atoms with van der Waals surface area (Å²) in [7, 11) is 1.70. The minimum absolute atomic E-state index is 0.0603. The van der Waals surface area contributed by atoms with E-state index in [0.29, 0.717) is 18.0 Å². The summed E-state index contributed by atoms with van der Waals surface area (Å²) >= 11 is 0. The number of primary amides is 1. The first-order chi connectivity index (χ1) is 13.6. The van der Waals surface area contributed by atoms with E-state index in [2.05, 4.69) is 11.4 Å². The zero-order valence-corrected chi connectivity index (χ0v) is 16.2. The van der Waals surface area contributed by atoms with Crippen LogP contribution >= 0.6 is 0 Å². The number of hydrogen-bond acceptors (Lipinski definition) is 3. The Morgan fingerprint density at radius 2 is 1.79 bits per heavy atom. The molecule has 3 N–H and O–H groups in total. The van der Waals surface area contributed by atoms with Gasteiger partial charge in [0.25, 0.3) is 5.91 Å². The molecule has 2 aromatic carbocycles. The van der Waals surface area contributed by atoms with E-state index in [1.807, 2.05) is 35.2 Å². The molecule has 148 valence electrons. The van der Waals surface area contributed by atoms with Crippen LogP contribution in [-0.4, -0.2) is 37.0 Å². The van der Waals surface area contributed by atoms with E-state index < -0.39 is 6.03 Å². The first-order valence-electron chi connectivity index (χ1n) is 9.60. The van der Waals surface area contributed by atoms with Gasteiger partial charge in [0.2, 0.25) is 0 Å². The Balaban J connectivity index is 1.53. The molecule has 0 atom stereocenters. The number of methoxy groups -OCH3 is 1. The summed E-state index contributed by atoms with van der Waals surface area (Å²) in [5.41, 5.74) is 7.89. The van der Waals surface area contributed by atoms with E-state index in [1.54, 1.807) is 19.2 Å². The van der Waals surface area contributed by atoms with Crippen molar-refractivity contribution in [2.45, 2.75) is 25.8 Å². The SMILES string of the molecule is COc1ccccc1CC1CCN(C(=O)c2ccc(CNC(N)=O)cc2)CC1. The summed E-state index contributed by atoms with van der Waals surface area (Å²) in [6.45, 7) is 1.89. The minimum atomic E-state index is -0.559. The van der Waals surface area contributed by atoms with Crippen LogP contribution in [0.5, 0.6) is 5.75 Å². The Bertz CT molecular complexity index is 812. The quantitative estimate of drug-likeness (QED) is 0.807. The number of nitrogens with two attached hydrogens (primary N) is 1. The number of likely N-dealkylation sites (tertiary alicyclic amines) is 1. The zero-order chi connectivity index (χ0) is 19.9. The lowest BCUT2D eigenvalue weighted by atomic mass is 9.89. The average Bonchev–Trinajstić information content (AvgIpc) is 2.73. The van der Waals surface area contributed by atoms with Gasteiger partial charge in [-0.3, -0.25) is 4.79 Å². The van der Waals surface area contributed by atoms with Crippen LogP contribution < -0.4 is 15.8 Å². The maximum Gasteiger partial charge on any atom is 0.312 e. The highest BCUT2D eigenvalue weighted by molar-refractivity contribution is 5.94. The van der Waals surface area contributed by atoms with Crippen molar-refractivity contribution in [3.05, 3.63) is 65.2 Å². The van der Waals surface area contributed by atoms with Crippen molar-refractivity contribution in [3.63, 3.8) is 0 Å². The first kappa shape index (κ1) is 19.7. The lowest BCUT2D eigenvalue weighted by molar-refractivity contribution is 0.0690. The van der Waals surface area contributed by atoms with Crippen molar-refractivity contribution in [2.75, 3.05) is 20.2 Å². The van der Waals surface area contributed by atoms with Gasteiger partial charge < -0.3 is 20.7 Å². The first-order valence-corrected chi connectivity index (χ1v) is 9.60. The number of rotatable bonds is 6. The lowest BCUT2D eigenvalue weighted by Gasteiger charge is -2.32. The largest absolute Gasteiger partial charge is 0.496 e. The number of hydrogen-bond donors (Lipinski definition) is 2. The van der Waals surface area contributed by atoms with Crippen LogP contribution in [0.2, 0.25) is 0 Å². The number of nitrogens with zero attached hydrogens (tertiary/aromatic N) is 1. The van der Waals surface area contributed by atoms with E-state index in [4.69, 9.17) is 10.5 Å². The van der Waals surface area contributed by atoms with Gasteiger partial charge in [0, 0.05) is 25.2 Å². The monoisotopic (exact) mass is 381 g/mol. The van der Waals surface area contributed by atoms with Crippen molar-refractivity contribution < 1.29 is 14.3 Å². The average molecular weight is 381 g/mol. The molecule has 0 saturated carbocycles. The third-order valence-electron chi connectivity index (χ3n) is 5.27. The molecule has 6 nitrogen and oxygen atoms in total. The van der Waals surface area contributed by atoms with Crippen molar-refractivity contribution in [3.8, 4) is 5.75 Å². The number of benzene rings is 2. The van der Waals surface area contributed by atoms with Gasteiger partial charge in [-0.05, 0) is 54.5 Å². The normalized spacial score (nSPS) is 14.5. The van der Waals surface area contributed by atoms with Gasteiger partial charge in [0.05, 0.1) is 7.11 Å². The zero-order valence-electron chi connectivity index (χ0n) is 16.2. The third kappa shape index (κ3) is 5.03. The number of para-hydroxylation sites is 1. The molecule has 1 fully saturated rings. The molecule has 0 unspecified atom stereocenters. The predicted octanol–water partition coefficient (Wildman–Crippen LogP) is 2.96. The van der Waals surface area contributed by atoms with Crippen LogP contribution in [0.15, 0.2) is 48.5 Å². The highest BCUT2D eigenvalue weighted by atomic mass is 16.5. The predicted molar refractivity (Wildman–Crippen MR) is 108 cm³/mol. The summed E-state index contributed by atoms with van der Waals surface area (Å²) in [5.74, 6) is 1.56. The van der Waals surface area contributed by atoms with Gasteiger partial charge in [-0.1, -0.05) is 30.3 Å². The number of carbonyl (C=O) groups is 2. The molecule has 6 heteroatoms. The molecule has 1 aliphatic heterocycles. The van der Waals surface area contributed by atoms with Crippen LogP contribution in [0.4, 0.5) is 4.79 Å². The number of nitrogens with one attached hydrogen (secondary N) is 1. The molecule has 0 aromatic heterocycles. The van der Waals surface area contributed by atoms with Crippen molar-refractivity contribution in [2.24, 2.45) is 11.7 Å². The van der Waals surface area contributed by atoms with Crippen LogP contribution in [-0.2, 0) is 13.0 Å². The summed E-state index contributed by atoms with van der Waals surface area (Å²) in [6.07, 6.45) is 2.96. The van der Waals surface area contributed by atoms with Gasteiger partial charge in [-0.25, -0.2) is 4.79 Å². The number of carbonyl (C=O) groups excluding carboxylic acids is 2. The fourth-order valence-corrected chi connectivity index (χ4v) is 3.66. The van der Waals surface area contributed by atoms with Crippen LogP contribution in [0, 0.1) is 5.92 Å². The Labute approximate surface area is 165 Å². The molecule has 0 aliphatic carbocycles. The Morgan fingerprint density at radius 3 is 2.43 bits per heavy atom. The molecule has 2 aromatic rings. The van der Waals surface area contributed by atoms with Gasteiger partial charge in [0.15, 0.2) is 0 Å². The molecule has 0 spiro atoms. The lowest BCUT2D eigenvalue weighted by Crippen LogP contribution is -2.39. The van der Waals surface area contributed by atoms with Crippen LogP contribution in [0.25, 0.3) is 0 Å². The summed E-state index contributed by atoms with van der Waals surface area (Å²) < 4.78 is 5.45. The minimum Gasteiger partial charge on any atom is -0.496 e. The van der Waals surface area contributed by atoms with Crippen LogP contribution in [0.1, 0.15) is 34.3 Å². The maximum absolute atomic E-state index is 12.8. The second-order valence-electron chi connectivity index (χ2n) is 7.17. The topological polar surface area (TPSA) is 84.7 Å². The fraction of sp³-hybridized carbons (Fsp3) is 0.364. The molecule has 0 bridgehead atoms. The second kappa shape index (κ2) is 9.26. The Kier molecular flexibility index (Phi) is 6.53. The van der Waals surface area contributed by atoms with Gasteiger partial charge >= 0.3 is 6.03 Å². The molecular formula is C22H27N3O3.